The van der Waals surface area contributed by atoms with Gasteiger partial charge in [0.2, 0.25) is 0 Å². The minimum absolute atomic E-state index is 0.702. The van der Waals surface area contributed by atoms with E-state index in [1.807, 2.05) is 29.8 Å². The molecule has 1 fully saturated rings. The Balaban J connectivity index is 1.92. The molecule has 0 aliphatic heterocycles. The van der Waals surface area contributed by atoms with Crippen LogP contribution in [0.15, 0.2) is 18.2 Å². The van der Waals surface area contributed by atoms with Crippen molar-refractivity contribution in [2.45, 2.75) is 39.2 Å². The lowest BCUT2D eigenvalue weighted by Crippen LogP contribution is -2.11. The molecule has 0 bridgehead atoms. The maximum Gasteiger partial charge on any atom is 0.184 e. The fourth-order valence-corrected chi connectivity index (χ4v) is 2.83. The van der Waals surface area contributed by atoms with Crippen molar-refractivity contribution in [2.24, 2.45) is 5.92 Å². The smallest absolute Gasteiger partial charge is 0.184 e. The Labute approximate surface area is 112 Å². The molecule has 1 aliphatic rings. The average Bonchev–Trinajstić information content (AvgIpc) is 3.05. The van der Waals surface area contributed by atoms with Gasteiger partial charge < -0.3 is 5.73 Å². The minimum atomic E-state index is 0.702. The summed E-state index contributed by atoms with van der Waals surface area (Å²) in [6.07, 6.45) is 5.22. The van der Waals surface area contributed by atoms with Gasteiger partial charge in [0.25, 0.3) is 0 Å². The number of aryl methyl sites for hydroxylation is 1. The third-order valence-corrected chi connectivity index (χ3v) is 4.00. The molecule has 3 rings (SSSR count). The summed E-state index contributed by atoms with van der Waals surface area (Å²) in [5.74, 6) is 1.49. The molecule has 1 saturated carbocycles. The van der Waals surface area contributed by atoms with Crippen LogP contribution in [0.25, 0.3) is 11.4 Å². The molecule has 0 spiro atoms. The number of nitrogens with zero attached hydrogens (tertiary/aromatic N) is 4. The third-order valence-electron chi connectivity index (χ3n) is 4.00. The second-order valence-electron chi connectivity index (χ2n) is 5.37. The van der Waals surface area contributed by atoms with Crippen molar-refractivity contribution in [2.75, 3.05) is 5.73 Å². The Bertz CT molecular complexity index is 569. The number of anilines is 1. The first kappa shape index (κ1) is 12.1. The first-order chi connectivity index (χ1) is 9.25. The Morgan fingerprint density at radius 3 is 2.89 bits per heavy atom. The van der Waals surface area contributed by atoms with Crippen LogP contribution in [-0.4, -0.2) is 20.2 Å². The van der Waals surface area contributed by atoms with E-state index in [9.17, 15) is 0 Å². The standard InChI is InChI=1S/C14H19N5/c1-10-5-4-8-12(13(10)15)14-16-17-18-19(14)9-11-6-2-3-7-11/h4-5,8,11H,2-3,6-7,9,15H2,1H3. The summed E-state index contributed by atoms with van der Waals surface area (Å²) >= 11 is 0. The zero-order valence-corrected chi connectivity index (χ0v) is 11.2. The third kappa shape index (κ3) is 2.32. The minimum Gasteiger partial charge on any atom is -0.398 e. The summed E-state index contributed by atoms with van der Waals surface area (Å²) in [4.78, 5) is 0. The van der Waals surface area contributed by atoms with Gasteiger partial charge >= 0.3 is 0 Å². The number of benzene rings is 1. The normalized spacial score (nSPS) is 16.1. The molecular weight excluding hydrogens is 238 g/mol. The van der Waals surface area contributed by atoms with E-state index in [0.717, 1.165) is 29.2 Å². The lowest BCUT2D eigenvalue weighted by atomic mass is 10.1. The second-order valence-corrected chi connectivity index (χ2v) is 5.37. The molecule has 0 unspecified atom stereocenters. The van der Waals surface area contributed by atoms with Crippen molar-refractivity contribution >= 4 is 5.69 Å². The van der Waals surface area contributed by atoms with Gasteiger partial charge in [-0.1, -0.05) is 25.0 Å². The maximum atomic E-state index is 6.14. The lowest BCUT2D eigenvalue weighted by molar-refractivity contribution is 0.424. The Kier molecular flexibility index (Phi) is 3.19. The van der Waals surface area contributed by atoms with Crippen molar-refractivity contribution in [1.29, 1.82) is 0 Å². The highest BCUT2D eigenvalue weighted by Crippen LogP contribution is 2.29. The van der Waals surface area contributed by atoms with Gasteiger partial charge in [-0.3, -0.25) is 0 Å². The molecule has 0 radical (unpaired) electrons. The SMILES string of the molecule is Cc1cccc(-c2nnnn2CC2CCCC2)c1N. The van der Waals surface area contributed by atoms with Gasteiger partial charge in [-0.05, 0) is 47.7 Å². The number of hydrogen-bond donors (Lipinski definition) is 1. The highest BCUT2D eigenvalue weighted by atomic mass is 15.5. The van der Waals surface area contributed by atoms with Gasteiger partial charge in [-0.25, -0.2) is 4.68 Å². The van der Waals surface area contributed by atoms with Crippen molar-refractivity contribution < 1.29 is 0 Å². The molecule has 19 heavy (non-hydrogen) atoms. The molecule has 0 saturated heterocycles. The molecule has 1 aromatic heterocycles. The van der Waals surface area contributed by atoms with Crippen LogP contribution in [0.4, 0.5) is 5.69 Å². The monoisotopic (exact) mass is 257 g/mol. The van der Waals surface area contributed by atoms with Gasteiger partial charge in [0.05, 0.1) is 0 Å². The van der Waals surface area contributed by atoms with Crippen molar-refractivity contribution in [3.05, 3.63) is 23.8 Å². The average molecular weight is 257 g/mol. The largest absolute Gasteiger partial charge is 0.398 e. The topological polar surface area (TPSA) is 69.6 Å². The van der Waals surface area contributed by atoms with Gasteiger partial charge in [0.15, 0.2) is 5.82 Å². The zero-order valence-electron chi connectivity index (χ0n) is 11.2. The number of para-hydroxylation sites is 1. The predicted molar refractivity (Wildman–Crippen MR) is 74.4 cm³/mol. The first-order valence-corrected chi connectivity index (χ1v) is 6.87. The molecule has 0 amide bonds. The van der Waals surface area contributed by atoms with Crippen molar-refractivity contribution in [3.8, 4) is 11.4 Å². The molecule has 1 aliphatic carbocycles. The second kappa shape index (κ2) is 4.99. The van der Waals surface area contributed by atoms with E-state index in [2.05, 4.69) is 15.5 Å². The van der Waals surface area contributed by atoms with E-state index in [-0.39, 0.29) is 0 Å². The molecule has 1 heterocycles. The Hall–Kier alpha value is -1.91. The summed E-state index contributed by atoms with van der Waals surface area (Å²) < 4.78 is 1.90. The highest BCUT2D eigenvalue weighted by molar-refractivity contribution is 5.73. The van der Waals surface area contributed by atoms with Crippen LogP contribution < -0.4 is 5.73 Å². The quantitative estimate of drug-likeness (QED) is 0.857. The summed E-state index contributed by atoms with van der Waals surface area (Å²) in [6, 6.07) is 5.98. The summed E-state index contributed by atoms with van der Waals surface area (Å²) in [7, 11) is 0. The first-order valence-electron chi connectivity index (χ1n) is 6.87. The summed E-state index contributed by atoms with van der Waals surface area (Å²) in [5, 5.41) is 12.1. The van der Waals surface area contributed by atoms with Crippen LogP contribution in [0.3, 0.4) is 0 Å². The van der Waals surface area contributed by atoms with Gasteiger partial charge in [-0.2, -0.15) is 0 Å². The number of tetrazole rings is 1. The highest BCUT2D eigenvalue weighted by Gasteiger charge is 2.19. The van der Waals surface area contributed by atoms with Crippen LogP contribution in [0.1, 0.15) is 31.2 Å². The molecule has 2 N–H and O–H groups in total. The number of nitrogens with two attached hydrogens (primary N) is 1. The summed E-state index contributed by atoms with van der Waals surface area (Å²) in [5.41, 5.74) is 8.91. The predicted octanol–water partition coefficient (Wildman–Crippen LogP) is 2.42. The van der Waals surface area contributed by atoms with Gasteiger partial charge in [0.1, 0.15) is 0 Å². The number of nitrogen functional groups attached to an aromatic ring is 1. The molecule has 1 aromatic carbocycles. The van der Waals surface area contributed by atoms with E-state index < -0.39 is 0 Å². The zero-order chi connectivity index (χ0) is 13.2. The van der Waals surface area contributed by atoms with E-state index >= 15 is 0 Å². The summed E-state index contributed by atoms with van der Waals surface area (Å²) in [6.45, 7) is 2.90. The van der Waals surface area contributed by atoms with Crippen LogP contribution in [0.5, 0.6) is 0 Å². The Morgan fingerprint density at radius 1 is 1.32 bits per heavy atom. The molecule has 100 valence electrons. The van der Waals surface area contributed by atoms with Gasteiger partial charge in [0, 0.05) is 17.8 Å². The van der Waals surface area contributed by atoms with E-state index in [4.69, 9.17) is 5.73 Å². The van der Waals surface area contributed by atoms with Crippen LogP contribution in [0.2, 0.25) is 0 Å². The Morgan fingerprint density at radius 2 is 2.11 bits per heavy atom. The van der Waals surface area contributed by atoms with Crippen LogP contribution in [0, 0.1) is 12.8 Å². The van der Waals surface area contributed by atoms with Gasteiger partial charge in [-0.15, -0.1) is 5.10 Å². The molecular formula is C14H19N5. The molecule has 5 heteroatoms. The van der Waals surface area contributed by atoms with E-state index in [0.29, 0.717) is 5.92 Å². The maximum absolute atomic E-state index is 6.14. The fourth-order valence-electron chi connectivity index (χ4n) is 2.83. The number of rotatable bonds is 3. The van der Waals surface area contributed by atoms with Crippen molar-refractivity contribution in [3.63, 3.8) is 0 Å². The van der Waals surface area contributed by atoms with Crippen molar-refractivity contribution in [1.82, 2.24) is 20.2 Å². The van der Waals surface area contributed by atoms with E-state index in [1.54, 1.807) is 0 Å². The number of hydrogen-bond acceptors (Lipinski definition) is 4. The van der Waals surface area contributed by atoms with Crippen LogP contribution >= 0.6 is 0 Å². The molecule has 2 aromatic rings. The molecule has 0 atom stereocenters. The number of aromatic nitrogens is 4. The van der Waals surface area contributed by atoms with Crippen LogP contribution in [-0.2, 0) is 6.54 Å². The molecule has 5 nitrogen and oxygen atoms in total. The van der Waals surface area contributed by atoms with E-state index in [1.165, 1.54) is 25.7 Å². The lowest BCUT2D eigenvalue weighted by Gasteiger charge is -2.12. The fraction of sp³-hybridized carbons (Fsp3) is 0.500.